The van der Waals surface area contributed by atoms with E-state index in [1.54, 1.807) is 37.2 Å². The van der Waals surface area contributed by atoms with Crippen molar-refractivity contribution in [2.45, 2.75) is 32.2 Å². The van der Waals surface area contributed by atoms with E-state index in [1.807, 2.05) is 4.57 Å². The summed E-state index contributed by atoms with van der Waals surface area (Å²) in [7, 11) is 3.51. The molecule has 2 aromatic rings. The second kappa shape index (κ2) is 7.35. The lowest BCUT2D eigenvalue weighted by Gasteiger charge is -2.12. The molecule has 1 aromatic carbocycles. The molecule has 0 saturated carbocycles. The Balaban J connectivity index is 2.03. The average molecular weight is 352 g/mol. The van der Waals surface area contributed by atoms with Gasteiger partial charge in [0.05, 0.1) is 10.5 Å². The van der Waals surface area contributed by atoms with Crippen molar-refractivity contribution in [1.29, 1.82) is 5.26 Å². The van der Waals surface area contributed by atoms with Crippen LogP contribution in [0.25, 0.3) is 11.6 Å². The summed E-state index contributed by atoms with van der Waals surface area (Å²) < 4.78 is 1.99. The third-order valence-electron chi connectivity index (χ3n) is 4.46. The Morgan fingerprint density at radius 3 is 2.85 bits per heavy atom. The van der Waals surface area contributed by atoms with Crippen LogP contribution in [0.1, 0.15) is 36.5 Å². The largest absolute Gasteiger partial charge is 0.372 e. The number of rotatable bonds is 4. The van der Waals surface area contributed by atoms with Crippen molar-refractivity contribution in [3.63, 3.8) is 0 Å². The molecule has 8 nitrogen and oxygen atoms in total. The zero-order valence-corrected chi connectivity index (χ0v) is 14.8. The number of aromatic nitrogens is 3. The lowest BCUT2D eigenvalue weighted by molar-refractivity contribution is -0.384. The van der Waals surface area contributed by atoms with Crippen LogP contribution >= 0.6 is 0 Å². The second-order valence-electron chi connectivity index (χ2n) is 6.47. The normalized spacial score (nSPS) is 14.3. The minimum Gasteiger partial charge on any atom is -0.372 e. The first-order valence-corrected chi connectivity index (χ1v) is 8.51. The van der Waals surface area contributed by atoms with Gasteiger partial charge in [0.25, 0.3) is 5.69 Å². The van der Waals surface area contributed by atoms with E-state index in [2.05, 4.69) is 16.3 Å². The molecule has 0 bridgehead atoms. The van der Waals surface area contributed by atoms with E-state index in [0.29, 0.717) is 22.6 Å². The lowest BCUT2D eigenvalue weighted by Crippen LogP contribution is -2.11. The first-order valence-electron chi connectivity index (χ1n) is 8.51. The van der Waals surface area contributed by atoms with Gasteiger partial charge in [-0.1, -0.05) is 12.5 Å². The van der Waals surface area contributed by atoms with Crippen molar-refractivity contribution in [2.75, 3.05) is 19.0 Å². The molecule has 26 heavy (non-hydrogen) atoms. The molecule has 0 unspecified atom stereocenters. The molecule has 0 radical (unpaired) electrons. The van der Waals surface area contributed by atoms with Crippen molar-refractivity contribution >= 4 is 23.0 Å². The van der Waals surface area contributed by atoms with Gasteiger partial charge >= 0.3 is 0 Å². The molecule has 0 aliphatic carbocycles. The van der Waals surface area contributed by atoms with E-state index in [1.165, 1.54) is 6.07 Å². The van der Waals surface area contributed by atoms with Gasteiger partial charge in [-0.3, -0.25) is 10.1 Å². The van der Waals surface area contributed by atoms with E-state index in [9.17, 15) is 15.4 Å². The smallest absolute Gasteiger partial charge is 0.293 e. The maximum Gasteiger partial charge on any atom is 0.293 e. The van der Waals surface area contributed by atoms with Gasteiger partial charge in [0.2, 0.25) is 0 Å². The van der Waals surface area contributed by atoms with Crippen LogP contribution in [0.4, 0.5) is 11.4 Å². The molecule has 1 aliphatic rings. The number of hydrogen-bond acceptors (Lipinski definition) is 6. The minimum atomic E-state index is -0.415. The average Bonchev–Trinajstić information content (AvgIpc) is 2.87. The van der Waals surface area contributed by atoms with Crippen molar-refractivity contribution in [3.05, 3.63) is 45.5 Å². The molecule has 0 saturated heterocycles. The highest BCUT2D eigenvalue weighted by Gasteiger charge is 2.19. The fourth-order valence-corrected chi connectivity index (χ4v) is 3.15. The third kappa shape index (κ3) is 3.42. The predicted octanol–water partition coefficient (Wildman–Crippen LogP) is 3.04. The molecule has 8 heteroatoms. The number of nitriles is 1. The molecule has 0 spiro atoms. The van der Waals surface area contributed by atoms with Crippen LogP contribution in [0.3, 0.4) is 0 Å². The van der Waals surface area contributed by atoms with E-state index >= 15 is 0 Å². The second-order valence-corrected chi connectivity index (χ2v) is 6.47. The van der Waals surface area contributed by atoms with Crippen LogP contribution in [0.5, 0.6) is 0 Å². The Morgan fingerprint density at radius 1 is 1.35 bits per heavy atom. The van der Waals surface area contributed by atoms with Crippen LogP contribution in [-0.2, 0) is 13.0 Å². The van der Waals surface area contributed by atoms with Crippen LogP contribution < -0.4 is 4.90 Å². The summed E-state index contributed by atoms with van der Waals surface area (Å²) in [5.74, 6) is 1.43. The molecular weight excluding hydrogens is 332 g/mol. The Kier molecular flexibility index (Phi) is 4.98. The first-order chi connectivity index (χ1) is 12.5. The standard InChI is InChI=1S/C18H20N6O2/c1-22(2)15-8-7-13(11-16(15)24(25)26)10-14(12-19)18-21-20-17-6-4-3-5-9-23(17)18/h7-8,10-11H,3-6,9H2,1-2H3/b14-10+. The summed E-state index contributed by atoms with van der Waals surface area (Å²) >= 11 is 0. The number of nitrogens with zero attached hydrogens (tertiary/aromatic N) is 6. The van der Waals surface area contributed by atoms with Gasteiger partial charge in [-0.05, 0) is 30.5 Å². The summed E-state index contributed by atoms with van der Waals surface area (Å²) in [5, 5.41) is 29.4. The molecule has 0 N–H and O–H groups in total. The van der Waals surface area contributed by atoms with E-state index in [0.717, 1.165) is 38.1 Å². The SMILES string of the molecule is CN(C)c1ccc(/C=C(\C#N)c2nnc3n2CCCCC3)cc1[N+](=O)[O-]. The Hall–Kier alpha value is -3.21. The molecule has 0 amide bonds. The zero-order valence-electron chi connectivity index (χ0n) is 14.8. The Bertz CT molecular complexity index is 907. The predicted molar refractivity (Wildman–Crippen MR) is 98.5 cm³/mol. The van der Waals surface area contributed by atoms with Crippen molar-refractivity contribution in [3.8, 4) is 6.07 Å². The zero-order chi connectivity index (χ0) is 18.7. The van der Waals surface area contributed by atoms with Crippen molar-refractivity contribution in [1.82, 2.24) is 14.8 Å². The summed E-state index contributed by atoms with van der Waals surface area (Å²) in [6.45, 7) is 0.788. The van der Waals surface area contributed by atoms with Gasteiger partial charge < -0.3 is 9.47 Å². The maximum atomic E-state index is 11.4. The van der Waals surface area contributed by atoms with Crippen molar-refractivity contribution < 1.29 is 4.92 Å². The van der Waals surface area contributed by atoms with Gasteiger partial charge in [0.15, 0.2) is 5.82 Å². The van der Waals surface area contributed by atoms with E-state index < -0.39 is 4.92 Å². The summed E-state index contributed by atoms with van der Waals surface area (Å²) in [4.78, 5) is 12.6. The number of nitro benzene ring substituents is 1. The minimum absolute atomic E-state index is 0.00103. The molecule has 2 heterocycles. The topological polar surface area (TPSA) is 101 Å². The highest BCUT2D eigenvalue weighted by molar-refractivity contribution is 5.88. The highest BCUT2D eigenvalue weighted by Crippen LogP contribution is 2.29. The highest BCUT2D eigenvalue weighted by atomic mass is 16.6. The quantitative estimate of drug-likeness (QED) is 0.476. The summed E-state index contributed by atoms with van der Waals surface area (Å²) in [5.41, 5.74) is 1.46. The van der Waals surface area contributed by atoms with Gasteiger partial charge in [0.1, 0.15) is 17.6 Å². The van der Waals surface area contributed by atoms with Gasteiger partial charge in [-0.25, -0.2) is 0 Å². The summed E-state index contributed by atoms with van der Waals surface area (Å²) in [6.07, 6.45) is 5.72. The number of hydrogen-bond donors (Lipinski definition) is 0. The molecular formula is C18H20N6O2. The van der Waals surface area contributed by atoms with Crippen LogP contribution in [0.2, 0.25) is 0 Å². The van der Waals surface area contributed by atoms with Crippen LogP contribution in [-0.4, -0.2) is 33.8 Å². The number of anilines is 1. The van der Waals surface area contributed by atoms with E-state index in [4.69, 9.17) is 0 Å². The van der Waals surface area contributed by atoms with Gasteiger partial charge in [0, 0.05) is 33.1 Å². The number of allylic oxidation sites excluding steroid dienone is 1. The number of fused-ring (bicyclic) bond motifs is 1. The van der Waals surface area contributed by atoms with Crippen molar-refractivity contribution in [2.24, 2.45) is 0 Å². The molecule has 134 valence electrons. The monoisotopic (exact) mass is 352 g/mol. The third-order valence-corrected chi connectivity index (χ3v) is 4.46. The van der Waals surface area contributed by atoms with E-state index in [-0.39, 0.29) is 5.69 Å². The fourth-order valence-electron chi connectivity index (χ4n) is 3.15. The maximum absolute atomic E-state index is 11.4. The van der Waals surface area contributed by atoms with Crippen LogP contribution in [0, 0.1) is 21.4 Å². The molecule has 1 aromatic heterocycles. The molecule has 3 rings (SSSR count). The Morgan fingerprint density at radius 2 is 2.15 bits per heavy atom. The van der Waals surface area contributed by atoms with Gasteiger partial charge in [-0.2, -0.15) is 5.26 Å². The lowest BCUT2D eigenvalue weighted by atomic mass is 10.1. The number of benzene rings is 1. The molecule has 0 fully saturated rings. The first kappa shape index (κ1) is 17.6. The number of aryl methyl sites for hydroxylation is 1. The van der Waals surface area contributed by atoms with Gasteiger partial charge in [-0.15, -0.1) is 10.2 Å². The fraction of sp³-hybridized carbons (Fsp3) is 0.389. The Labute approximate surface area is 151 Å². The van der Waals surface area contributed by atoms with Crippen LogP contribution in [0.15, 0.2) is 18.2 Å². The number of nitro groups is 1. The summed E-state index contributed by atoms with van der Waals surface area (Å²) in [6, 6.07) is 7.09. The molecule has 1 aliphatic heterocycles. The molecule has 0 atom stereocenters.